The van der Waals surface area contributed by atoms with Gasteiger partial charge in [-0.05, 0) is 35.2 Å². The van der Waals surface area contributed by atoms with Gasteiger partial charge < -0.3 is 0 Å². The van der Waals surface area contributed by atoms with Crippen molar-refractivity contribution in [3.05, 3.63) is 88.7 Å². The molecule has 3 nitrogen and oxygen atoms in total. The lowest BCUT2D eigenvalue weighted by molar-refractivity contribution is 0.653. The zero-order chi connectivity index (χ0) is 16.8. The standard InChI is InChI=1S/C22H16N2O/c25-22-19-9-4-5-12-20(19)23-21-18-11-6-10-16(15-7-2-1-3-8-15)17(18)13-14-24(21)22/h1-12H,13-14H2. The first-order valence-corrected chi connectivity index (χ1v) is 8.50. The summed E-state index contributed by atoms with van der Waals surface area (Å²) in [6.45, 7) is 0.669. The summed E-state index contributed by atoms with van der Waals surface area (Å²) in [5.41, 5.74) is 5.59. The number of rotatable bonds is 1. The Kier molecular flexibility index (Phi) is 3.07. The van der Waals surface area contributed by atoms with Crippen molar-refractivity contribution in [2.24, 2.45) is 0 Å². The third kappa shape index (κ3) is 2.13. The fourth-order valence-electron chi connectivity index (χ4n) is 3.76. The van der Waals surface area contributed by atoms with E-state index < -0.39 is 0 Å². The van der Waals surface area contributed by atoms with Gasteiger partial charge >= 0.3 is 0 Å². The van der Waals surface area contributed by atoms with Crippen molar-refractivity contribution in [1.29, 1.82) is 0 Å². The molecule has 2 heterocycles. The van der Waals surface area contributed by atoms with Crippen molar-refractivity contribution in [3.63, 3.8) is 0 Å². The van der Waals surface area contributed by atoms with Crippen LogP contribution in [-0.2, 0) is 13.0 Å². The third-order valence-electron chi connectivity index (χ3n) is 4.95. The van der Waals surface area contributed by atoms with E-state index in [-0.39, 0.29) is 5.56 Å². The van der Waals surface area contributed by atoms with Crippen LogP contribution in [0.2, 0.25) is 0 Å². The molecule has 1 aliphatic heterocycles. The second-order valence-corrected chi connectivity index (χ2v) is 6.36. The van der Waals surface area contributed by atoms with E-state index in [1.165, 1.54) is 16.7 Å². The quantitative estimate of drug-likeness (QED) is 0.523. The van der Waals surface area contributed by atoms with E-state index in [9.17, 15) is 4.79 Å². The van der Waals surface area contributed by atoms with Gasteiger partial charge in [0.1, 0.15) is 5.82 Å². The molecule has 1 aliphatic rings. The molecule has 5 rings (SSSR count). The fraction of sp³-hybridized carbons (Fsp3) is 0.0909. The minimum absolute atomic E-state index is 0.0522. The topological polar surface area (TPSA) is 34.9 Å². The van der Waals surface area contributed by atoms with Gasteiger partial charge in [0.15, 0.2) is 0 Å². The first-order chi connectivity index (χ1) is 12.3. The van der Waals surface area contributed by atoms with Crippen LogP contribution in [0.4, 0.5) is 0 Å². The van der Waals surface area contributed by atoms with Crippen LogP contribution in [0.25, 0.3) is 33.4 Å². The summed E-state index contributed by atoms with van der Waals surface area (Å²) in [5.74, 6) is 0.780. The Morgan fingerprint density at radius 1 is 0.800 bits per heavy atom. The number of hydrogen-bond donors (Lipinski definition) is 0. The van der Waals surface area contributed by atoms with Gasteiger partial charge in [0.25, 0.3) is 5.56 Å². The van der Waals surface area contributed by atoms with Gasteiger partial charge in [0.2, 0.25) is 0 Å². The van der Waals surface area contributed by atoms with Gasteiger partial charge in [-0.3, -0.25) is 9.36 Å². The minimum Gasteiger partial charge on any atom is -0.292 e. The lowest BCUT2D eigenvalue weighted by Crippen LogP contribution is -2.27. The van der Waals surface area contributed by atoms with Crippen molar-refractivity contribution in [3.8, 4) is 22.5 Å². The molecule has 0 unspecified atom stereocenters. The molecule has 0 bridgehead atoms. The minimum atomic E-state index is 0.0522. The normalized spacial score (nSPS) is 12.6. The summed E-state index contributed by atoms with van der Waals surface area (Å²) < 4.78 is 1.82. The number of hydrogen-bond acceptors (Lipinski definition) is 2. The van der Waals surface area contributed by atoms with Gasteiger partial charge in [-0.15, -0.1) is 0 Å². The molecule has 3 heteroatoms. The van der Waals surface area contributed by atoms with Crippen molar-refractivity contribution in [2.75, 3.05) is 0 Å². The Hall–Kier alpha value is -3.20. The Morgan fingerprint density at radius 3 is 2.44 bits per heavy atom. The summed E-state index contributed by atoms with van der Waals surface area (Å²) in [6.07, 6.45) is 0.841. The summed E-state index contributed by atoms with van der Waals surface area (Å²) in [5, 5.41) is 0.689. The molecule has 0 amide bonds. The summed E-state index contributed by atoms with van der Waals surface area (Å²) >= 11 is 0. The second-order valence-electron chi connectivity index (χ2n) is 6.36. The molecule has 0 saturated carbocycles. The average Bonchev–Trinajstić information content (AvgIpc) is 2.68. The van der Waals surface area contributed by atoms with Gasteiger partial charge in [-0.1, -0.05) is 60.7 Å². The molecule has 120 valence electrons. The zero-order valence-electron chi connectivity index (χ0n) is 13.6. The van der Waals surface area contributed by atoms with E-state index in [4.69, 9.17) is 4.98 Å². The van der Waals surface area contributed by atoms with E-state index >= 15 is 0 Å². The Bertz CT molecular complexity index is 1160. The van der Waals surface area contributed by atoms with E-state index in [2.05, 4.69) is 42.5 Å². The highest BCUT2D eigenvalue weighted by molar-refractivity contribution is 5.82. The van der Waals surface area contributed by atoms with Crippen LogP contribution in [0.3, 0.4) is 0 Å². The van der Waals surface area contributed by atoms with E-state index in [0.717, 1.165) is 23.3 Å². The zero-order valence-corrected chi connectivity index (χ0v) is 13.6. The summed E-state index contributed by atoms with van der Waals surface area (Å²) in [4.78, 5) is 17.7. The number of para-hydroxylation sites is 1. The number of nitrogens with zero attached hydrogens (tertiary/aromatic N) is 2. The number of aromatic nitrogens is 2. The van der Waals surface area contributed by atoms with Crippen molar-refractivity contribution in [1.82, 2.24) is 9.55 Å². The highest BCUT2D eigenvalue weighted by Crippen LogP contribution is 2.35. The number of fused-ring (bicyclic) bond motifs is 4. The lowest BCUT2D eigenvalue weighted by atomic mass is 9.91. The van der Waals surface area contributed by atoms with Crippen LogP contribution < -0.4 is 5.56 Å². The molecule has 0 fully saturated rings. The summed E-state index contributed by atoms with van der Waals surface area (Å²) in [7, 11) is 0. The Balaban J connectivity index is 1.81. The largest absolute Gasteiger partial charge is 0.292 e. The molecule has 1 aromatic heterocycles. The second kappa shape index (κ2) is 5.42. The lowest BCUT2D eigenvalue weighted by Gasteiger charge is -2.23. The molecule has 0 spiro atoms. The smallest absolute Gasteiger partial charge is 0.261 e. The van der Waals surface area contributed by atoms with Gasteiger partial charge in [0, 0.05) is 12.1 Å². The molecule has 0 saturated heterocycles. The van der Waals surface area contributed by atoms with Gasteiger partial charge in [0.05, 0.1) is 10.9 Å². The van der Waals surface area contributed by atoms with Crippen LogP contribution in [0.5, 0.6) is 0 Å². The molecule has 4 aromatic rings. The predicted octanol–water partition coefficient (Wildman–Crippen LogP) is 4.29. The SMILES string of the molecule is O=c1c2ccccc2nc2n1CCc1c(-c3ccccc3)cccc1-2. The Morgan fingerprint density at radius 2 is 1.56 bits per heavy atom. The monoisotopic (exact) mass is 324 g/mol. The van der Waals surface area contributed by atoms with Gasteiger partial charge in [-0.25, -0.2) is 4.98 Å². The molecule has 0 atom stereocenters. The van der Waals surface area contributed by atoms with E-state index in [1.54, 1.807) is 0 Å². The predicted molar refractivity (Wildman–Crippen MR) is 101 cm³/mol. The van der Waals surface area contributed by atoms with Crippen LogP contribution in [0, 0.1) is 0 Å². The average molecular weight is 324 g/mol. The summed E-state index contributed by atoms with van der Waals surface area (Å²) in [6, 6.07) is 24.3. The van der Waals surface area contributed by atoms with Crippen molar-refractivity contribution < 1.29 is 0 Å². The Labute approximate surface area is 145 Å². The molecular formula is C22H16N2O. The third-order valence-corrected chi connectivity index (χ3v) is 4.95. The molecular weight excluding hydrogens is 308 g/mol. The molecule has 25 heavy (non-hydrogen) atoms. The molecule has 0 aliphatic carbocycles. The van der Waals surface area contributed by atoms with Crippen LogP contribution in [0.15, 0.2) is 77.6 Å². The number of benzene rings is 3. The maximum Gasteiger partial charge on any atom is 0.261 e. The maximum atomic E-state index is 12.9. The van der Waals surface area contributed by atoms with Crippen LogP contribution >= 0.6 is 0 Å². The molecule has 0 N–H and O–H groups in total. The van der Waals surface area contributed by atoms with Crippen LogP contribution in [0.1, 0.15) is 5.56 Å². The first kappa shape index (κ1) is 14.2. The molecule has 0 radical (unpaired) electrons. The van der Waals surface area contributed by atoms with E-state index in [0.29, 0.717) is 11.9 Å². The molecule has 3 aromatic carbocycles. The first-order valence-electron chi connectivity index (χ1n) is 8.50. The highest BCUT2D eigenvalue weighted by Gasteiger charge is 2.22. The highest BCUT2D eigenvalue weighted by atomic mass is 16.1. The van der Waals surface area contributed by atoms with E-state index in [1.807, 2.05) is 34.9 Å². The maximum absolute atomic E-state index is 12.9. The van der Waals surface area contributed by atoms with Crippen molar-refractivity contribution >= 4 is 10.9 Å². The van der Waals surface area contributed by atoms with Crippen LogP contribution in [-0.4, -0.2) is 9.55 Å². The fourth-order valence-corrected chi connectivity index (χ4v) is 3.76. The van der Waals surface area contributed by atoms with Gasteiger partial charge in [-0.2, -0.15) is 0 Å². The van der Waals surface area contributed by atoms with Crippen molar-refractivity contribution in [2.45, 2.75) is 13.0 Å².